The van der Waals surface area contributed by atoms with E-state index in [-0.39, 0.29) is 26.1 Å². The maximum atomic E-state index is 12.0. The van der Waals surface area contributed by atoms with E-state index in [2.05, 4.69) is 14.8 Å². The van der Waals surface area contributed by atoms with Gasteiger partial charge in [0.25, 0.3) is 5.76 Å². The molecule has 12 heteroatoms. The molecule has 1 heterocycles. The summed E-state index contributed by atoms with van der Waals surface area (Å²) in [6.45, 7) is 2.50. The number of rotatable bonds is 10. The minimum atomic E-state index is -1.62. The number of aliphatic hydroxyl groups excluding tert-OH is 3. The highest BCUT2D eigenvalue weighted by molar-refractivity contribution is 5.93. The second-order valence-corrected chi connectivity index (χ2v) is 5.47. The standard InChI is InChI=1S/C16H23NO11/c1-3-25-10(20)6-5-8(14(22)26-4-2)17-16(24)28-13-11(21)12(9(19)7-18)27-15(13)23/h8-9,12,18-19,21H,3-7H2,1-2H3,(H,17,24)/t8-,9?,12?/m0/s1. The summed E-state index contributed by atoms with van der Waals surface area (Å²) >= 11 is 0. The fraction of sp³-hybridized carbons (Fsp3) is 0.625. The SMILES string of the molecule is CCOC(=O)CC[C@H](NC(=O)OC1=C(O)C(C(O)CO)OC1=O)C(=O)OCC. The number of amides is 1. The van der Waals surface area contributed by atoms with Gasteiger partial charge in [0.15, 0.2) is 11.9 Å². The van der Waals surface area contributed by atoms with Crippen LogP contribution in [-0.4, -0.2) is 77.4 Å². The molecule has 4 N–H and O–H groups in total. The normalized spacial score (nSPS) is 18.1. The van der Waals surface area contributed by atoms with E-state index in [1.807, 2.05) is 0 Å². The van der Waals surface area contributed by atoms with Crippen LogP contribution in [0.3, 0.4) is 0 Å². The lowest BCUT2D eigenvalue weighted by Gasteiger charge is -2.16. The molecular formula is C16H23NO11. The number of carbonyl (C=O) groups is 4. The Kier molecular flexibility index (Phi) is 9.18. The second-order valence-electron chi connectivity index (χ2n) is 5.47. The van der Waals surface area contributed by atoms with Crippen molar-refractivity contribution in [3.8, 4) is 0 Å². The van der Waals surface area contributed by atoms with E-state index >= 15 is 0 Å². The van der Waals surface area contributed by atoms with E-state index < -0.39 is 60.4 Å². The lowest BCUT2D eigenvalue weighted by Crippen LogP contribution is -2.42. The zero-order valence-electron chi connectivity index (χ0n) is 15.4. The van der Waals surface area contributed by atoms with Gasteiger partial charge < -0.3 is 39.6 Å². The fourth-order valence-corrected chi connectivity index (χ4v) is 2.16. The number of hydrogen-bond acceptors (Lipinski definition) is 11. The summed E-state index contributed by atoms with van der Waals surface area (Å²) in [5.41, 5.74) is 0. The van der Waals surface area contributed by atoms with Crippen molar-refractivity contribution in [1.82, 2.24) is 5.32 Å². The maximum absolute atomic E-state index is 12.0. The molecule has 28 heavy (non-hydrogen) atoms. The molecule has 0 aromatic rings. The van der Waals surface area contributed by atoms with Crippen LogP contribution in [0.15, 0.2) is 11.5 Å². The van der Waals surface area contributed by atoms with Crippen molar-refractivity contribution >= 4 is 24.0 Å². The van der Waals surface area contributed by atoms with Crippen LogP contribution in [0.25, 0.3) is 0 Å². The van der Waals surface area contributed by atoms with E-state index in [0.717, 1.165) is 0 Å². The monoisotopic (exact) mass is 405 g/mol. The lowest BCUT2D eigenvalue weighted by molar-refractivity contribution is -0.148. The summed E-state index contributed by atoms with van der Waals surface area (Å²) in [7, 11) is 0. The number of alkyl carbamates (subject to hydrolysis) is 1. The predicted octanol–water partition coefficient (Wildman–Crippen LogP) is -0.964. The van der Waals surface area contributed by atoms with E-state index in [4.69, 9.17) is 14.6 Å². The van der Waals surface area contributed by atoms with Crippen LogP contribution in [0.2, 0.25) is 0 Å². The molecule has 0 aromatic carbocycles. The smallest absolute Gasteiger partial charge is 0.413 e. The highest BCUT2D eigenvalue weighted by Gasteiger charge is 2.41. The van der Waals surface area contributed by atoms with Crippen molar-refractivity contribution in [2.45, 2.75) is 44.9 Å². The van der Waals surface area contributed by atoms with Crippen molar-refractivity contribution < 1.29 is 53.4 Å². The Labute approximate surface area is 160 Å². The number of cyclic esters (lactones) is 1. The van der Waals surface area contributed by atoms with Crippen LogP contribution in [0.1, 0.15) is 26.7 Å². The van der Waals surface area contributed by atoms with Crippen LogP contribution in [0.5, 0.6) is 0 Å². The molecule has 158 valence electrons. The van der Waals surface area contributed by atoms with Gasteiger partial charge in [-0.1, -0.05) is 0 Å². The number of carbonyl (C=O) groups excluding carboxylic acids is 4. The van der Waals surface area contributed by atoms with E-state index in [9.17, 15) is 29.4 Å². The van der Waals surface area contributed by atoms with Crippen LogP contribution in [0, 0.1) is 0 Å². The predicted molar refractivity (Wildman–Crippen MR) is 88.5 cm³/mol. The van der Waals surface area contributed by atoms with Crippen molar-refractivity contribution in [2.75, 3.05) is 19.8 Å². The topological polar surface area (TPSA) is 178 Å². The van der Waals surface area contributed by atoms with Crippen LogP contribution >= 0.6 is 0 Å². The van der Waals surface area contributed by atoms with Crippen molar-refractivity contribution in [3.05, 3.63) is 11.5 Å². The number of ether oxygens (including phenoxy) is 4. The molecule has 0 aliphatic carbocycles. The third-order valence-electron chi connectivity index (χ3n) is 3.46. The van der Waals surface area contributed by atoms with Gasteiger partial charge in [0.2, 0.25) is 0 Å². The van der Waals surface area contributed by atoms with Gasteiger partial charge in [0.1, 0.15) is 12.1 Å². The van der Waals surface area contributed by atoms with Gasteiger partial charge in [-0.15, -0.1) is 0 Å². The quantitative estimate of drug-likeness (QED) is 0.260. The Morgan fingerprint density at radius 3 is 2.43 bits per heavy atom. The van der Waals surface area contributed by atoms with Gasteiger partial charge in [0.05, 0.1) is 19.8 Å². The Morgan fingerprint density at radius 1 is 1.21 bits per heavy atom. The average molecular weight is 405 g/mol. The molecule has 0 spiro atoms. The summed E-state index contributed by atoms with van der Waals surface area (Å²) in [5, 5.41) is 30.3. The molecule has 3 atom stereocenters. The Bertz CT molecular complexity index is 630. The summed E-state index contributed by atoms with van der Waals surface area (Å²) in [5.74, 6) is -4.47. The van der Waals surface area contributed by atoms with E-state index in [1.165, 1.54) is 0 Å². The van der Waals surface area contributed by atoms with Crippen molar-refractivity contribution in [1.29, 1.82) is 0 Å². The number of hydrogen-bond donors (Lipinski definition) is 4. The zero-order valence-corrected chi connectivity index (χ0v) is 15.4. The van der Waals surface area contributed by atoms with Crippen LogP contribution in [-0.2, 0) is 33.3 Å². The molecule has 1 rings (SSSR count). The van der Waals surface area contributed by atoms with Gasteiger partial charge in [0, 0.05) is 6.42 Å². The van der Waals surface area contributed by atoms with Gasteiger partial charge in [-0.25, -0.2) is 14.4 Å². The molecule has 0 bridgehead atoms. The van der Waals surface area contributed by atoms with E-state index in [0.29, 0.717) is 0 Å². The molecule has 0 fully saturated rings. The van der Waals surface area contributed by atoms with Gasteiger partial charge >= 0.3 is 24.0 Å². The van der Waals surface area contributed by atoms with Gasteiger partial charge in [-0.3, -0.25) is 4.79 Å². The molecular weight excluding hydrogens is 382 g/mol. The average Bonchev–Trinajstić information content (AvgIpc) is 2.93. The molecule has 1 amide bonds. The molecule has 0 aromatic heterocycles. The first-order valence-corrected chi connectivity index (χ1v) is 8.48. The van der Waals surface area contributed by atoms with Gasteiger partial charge in [-0.05, 0) is 20.3 Å². The minimum Gasteiger partial charge on any atom is -0.505 e. The Balaban J connectivity index is 2.78. The first-order valence-electron chi connectivity index (χ1n) is 8.48. The summed E-state index contributed by atoms with van der Waals surface area (Å²) in [6, 6.07) is -1.28. The molecule has 1 aliphatic rings. The summed E-state index contributed by atoms with van der Waals surface area (Å²) < 4.78 is 18.8. The summed E-state index contributed by atoms with van der Waals surface area (Å²) in [6.07, 6.45) is -4.87. The maximum Gasteiger partial charge on any atom is 0.413 e. The number of aliphatic hydroxyl groups is 3. The lowest BCUT2D eigenvalue weighted by atomic mass is 10.1. The molecule has 12 nitrogen and oxygen atoms in total. The molecule has 0 saturated carbocycles. The number of nitrogens with one attached hydrogen (secondary N) is 1. The van der Waals surface area contributed by atoms with Gasteiger partial charge in [-0.2, -0.15) is 0 Å². The first-order chi connectivity index (χ1) is 13.2. The molecule has 2 unspecified atom stereocenters. The highest BCUT2D eigenvalue weighted by atomic mass is 16.6. The Hall–Kier alpha value is -2.86. The highest BCUT2D eigenvalue weighted by Crippen LogP contribution is 2.24. The van der Waals surface area contributed by atoms with E-state index in [1.54, 1.807) is 13.8 Å². The van der Waals surface area contributed by atoms with Crippen molar-refractivity contribution in [2.24, 2.45) is 0 Å². The summed E-state index contributed by atoms with van der Waals surface area (Å²) in [4.78, 5) is 47.1. The Morgan fingerprint density at radius 2 is 1.86 bits per heavy atom. The largest absolute Gasteiger partial charge is 0.505 e. The third-order valence-corrected chi connectivity index (χ3v) is 3.46. The first kappa shape index (κ1) is 23.2. The minimum absolute atomic E-state index is 0.0183. The third kappa shape index (κ3) is 6.39. The molecule has 0 saturated heterocycles. The number of esters is 3. The fourth-order valence-electron chi connectivity index (χ4n) is 2.16. The second kappa shape index (κ2) is 11.1. The van der Waals surface area contributed by atoms with Crippen LogP contribution in [0.4, 0.5) is 4.79 Å². The molecule has 0 radical (unpaired) electrons. The van der Waals surface area contributed by atoms with Crippen LogP contribution < -0.4 is 5.32 Å². The van der Waals surface area contributed by atoms with Crippen molar-refractivity contribution in [3.63, 3.8) is 0 Å². The molecule has 1 aliphatic heterocycles. The zero-order chi connectivity index (χ0) is 21.3.